The number of piperazine rings is 1. The van der Waals surface area contributed by atoms with Crippen LogP contribution < -0.4 is 10.2 Å². The molecule has 130 valence electrons. The molecule has 2 rings (SSSR count). The van der Waals surface area contributed by atoms with E-state index in [4.69, 9.17) is 0 Å². The number of amides is 1. The third-order valence-electron chi connectivity index (χ3n) is 3.97. The van der Waals surface area contributed by atoms with Crippen molar-refractivity contribution in [2.45, 2.75) is 0 Å². The minimum atomic E-state index is -0.00387. The fourth-order valence-electron chi connectivity index (χ4n) is 2.53. The maximum atomic E-state index is 11.8. The maximum Gasteiger partial charge on any atom is 0.243 e. The zero-order valence-corrected chi connectivity index (χ0v) is 14.6. The van der Waals surface area contributed by atoms with E-state index in [9.17, 15) is 4.79 Å². The average molecular weight is 329 g/mol. The second-order valence-electron chi connectivity index (χ2n) is 5.91. The predicted molar refractivity (Wildman–Crippen MR) is 99.4 cm³/mol. The van der Waals surface area contributed by atoms with E-state index in [-0.39, 0.29) is 12.5 Å². The van der Waals surface area contributed by atoms with Crippen molar-refractivity contribution in [2.24, 2.45) is 4.99 Å². The summed E-state index contributed by atoms with van der Waals surface area (Å²) < 4.78 is 0. The monoisotopic (exact) mass is 329 g/mol. The average Bonchev–Trinajstić information content (AvgIpc) is 2.62. The Balaban J connectivity index is 1.97. The van der Waals surface area contributed by atoms with Gasteiger partial charge in [0.15, 0.2) is 5.96 Å². The maximum absolute atomic E-state index is 11.8. The van der Waals surface area contributed by atoms with E-state index in [0.29, 0.717) is 6.54 Å². The fraction of sp³-hybridized carbons (Fsp3) is 0.444. The van der Waals surface area contributed by atoms with E-state index in [0.717, 1.165) is 32.1 Å². The van der Waals surface area contributed by atoms with E-state index in [1.165, 1.54) is 5.69 Å². The third kappa shape index (κ3) is 5.01. The van der Waals surface area contributed by atoms with E-state index < -0.39 is 0 Å². The number of hydrogen-bond donors (Lipinski definition) is 1. The van der Waals surface area contributed by atoms with Gasteiger partial charge < -0.3 is 20.0 Å². The Kier molecular flexibility index (Phi) is 6.66. The van der Waals surface area contributed by atoms with Crippen molar-refractivity contribution in [3.8, 4) is 0 Å². The largest absolute Gasteiger partial charge is 0.368 e. The standard InChI is InChI=1S/C18H27N5O/c1-4-10-19-18(20-15-17(24)21(2)3)23-13-11-22(12-14-23)16-8-6-5-7-9-16/h4-9H,1,10-15H2,2-3H3,(H,19,20). The molecule has 1 aromatic carbocycles. The van der Waals surface area contributed by atoms with Gasteiger partial charge >= 0.3 is 0 Å². The van der Waals surface area contributed by atoms with E-state index in [1.807, 2.05) is 6.07 Å². The Morgan fingerprint density at radius 2 is 1.92 bits per heavy atom. The van der Waals surface area contributed by atoms with Crippen LogP contribution in [-0.2, 0) is 4.79 Å². The highest BCUT2D eigenvalue weighted by Crippen LogP contribution is 2.15. The van der Waals surface area contributed by atoms with Crippen LogP contribution in [0.25, 0.3) is 0 Å². The lowest BCUT2D eigenvalue weighted by atomic mass is 10.2. The second kappa shape index (κ2) is 8.96. The van der Waals surface area contributed by atoms with Crippen LogP contribution >= 0.6 is 0 Å². The minimum Gasteiger partial charge on any atom is -0.368 e. The van der Waals surface area contributed by atoms with Gasteiger partial charge in [-0.1, -0.05) is 24.3 Å². The van der Waals surface area contributed by atoms with Gasteiger partial charge in [-0.05, 0) is 12.1 Å². The summed E-state index contributed by atoms with van der Waals surface area (Å²) >= 11 is 0. The van der Waals surface area contributed by atoms with Crippen LogP contribution in [0.5, 0.6) is 0 Å². The number of benzene rings is 1. The highest BCUT2D eigenvalue weighted by atomic mass is 16.2. The van der Waals surface area contributed by atoms with Gasteiger partial charge in [0.1, 0.15) is 6.54 Å². The lowest BCUT2D eigenvalue weighted by molar-refractivity contribution is -0.127. The number of nitrogens with one attached hydrogen (secondary N) is 1. The molecule has 6 heteroatoms. The molecule has 0 saturated carbocycles. The molecule has 1 N–H and O–H groups in total. The van der Waals surface area contributed by atoms with E-state index in [2.05, 4.69) is 51.0 Å². The van der Waals surface area contributed by atoms with Crippen LogP contribution in [0.1, 0.15) is 0 Å². The molecule has 0 unspecified atom stereocenters. The molecule has 1 saturated heterocycles. The smallest absolute Gasteiger partial charge is 0.243 e. The first-order valence-electron chi connectivity index (χ1n) is 8.26. The number of nitrogens with zero attached hydrogens (tertiary/aromatic N) is 4. The van der Waals surface area contributed by atoms with Gasteiger partial charge in [0, 0.05) is 52.5 Å². The summed E-state index contributed by atoms with van der Waals surface area (Å²) in [6.07, 6.45) is 1.80. The van der Waals surface area contributed by atoms with Crippen molar-refractivity contribution in [1.29, 1.82) is 0 Å². The Bertz CT molecular complexity index is 562. The quantitative estimate of drug-likeness (QED) is 0.498. The Labute approximate surface area is 144 Å². The number of hydrogen-bond acceptors (Lipinski definition) is 3. The lowest BCUT2D eigenvalue weighted by Crippen LogP contribution is -2.52. The van der Waals surface area contributed by atoms with Gasteiger partial charge in [-0.25, -0.2) is 4.99 Å². The number of rotatable bonds is 5. The molecule has 0 atom stereocenters. The first kappa shape index (κ1) is 17.8. The van der Waals surface area contributed by atoms with Crippen LogP contribution in [0.3, 0.4) is 0 Å². The van der Waals surface area contributed by atoms with Crippen molar-refractivity contribution in [3.05, 3.63) is 43.0 Å². The Morgan fingerprint density at radius 1 is 1.25 bits per heavy atom. The number of carbonyl (C=O) groups excluding carboxylic acids is 1. The summed E-state index contributed by atoms with van der Waals surface area (Å²) in [6.45, 7) is 8.12. The Morgan fingerprint density at radius 3 is 2.50 bits per heavy atom. The molecule has 6 nitrogen and oxygen atoms in total. The van der Waals surface area contributed by atoms with E-state index in [1.54, 1.807) is 25.1 Å². The summed E-state index contributed by atoms with van der Waals surface area (Å²) in [6, 6.07) is 10.4. The molecule has 1 amide bonds. The summed E-state index contributed by atoms with van der Waals surface area (Å²) in [5.74, 6) is 0.772. The van der Waals surface area contributed by atoms with Gasteiger partial charge in [0.2, 0.25) is 5.91 Å². The van der Waals surface area contributed by atoms with E-state index >= 15 is 0 Å². The van der Waals surface area contributed by atoms with Crippen molar-refractivity contribution >= 4 is 17.6 Å². The van der Waals surface area contributed by atoms with Crippen LogP contribution in [0, 0.1) is 0 Å². The van der Waals surface area contributed by atoms with Crippen LogP contribution in [0.4, 0.5) is 5.69 Å². The minimum absolute atomic E-state index is 0.00387. The fourth-order valence-corrected chi connectivity index (χ4v) is 2.53. The molecule has 1 aliphatic rings. The molecule has 0 spiro atoms. The topological polar surface area (TPSA) is 51.2 Å². The summed E-state index contributed by atoms with van der Waals surface area (Å²) in [7, 11) is 3.49. The van der Waals surface area contributed by atoms with Gasteiger partial charge in [0.05, 0.1) is 0 Å². The van der Waals surface area contributed by atoms with Gasteiger partial charge in [-0.2, -0.15) is 0 Å². The van der Waals surface area contributed by atoms with Crippen molar-refractivity contribution < 1.29 is 4.79 Å². The molecule has 1 aromatic rings. The molecular formula is C18H27N5O. The zero-order chi connectivity index (χ0) is 17.4. The molecule has 0 bridgehead atoms. The molecule has 1 heterocycles. The zero-order valence-electron chi connectivity index (χ0n) is 14.6. The third-order valence-corrected chi connectivity index (χ3v) is 3.97. The number of guanidine groups is 1. The first-order valence-corrected chi connectivity index (χ1v) is 8.26. The second-order valence-corrected chi connectivity index (χ2v) is 5.91. The normalized spacial score (nSPS) is 15.2. The number of anilines is 1. The number of para-hydroxylation sites is 1. The molecule has 0 radical (unpaired) electrons. The number of aliphatic imine (C=N–C) groups is 1. The first-order chi connectivity index (χ1) is 11.6. The number of carbonyl (C=O) groups is 1. The van der Waals surface area contributed by atoms with Crippen molar-refractivity contribution in [1.82, 2.24) is 15.1 Å². The van der Waals surface area contributed by atoms with Gasteiger partial charge in [-0.15, -0.1) is 6.58 Å². The van der Waals surface area contributed by atoms with Crippen LogP contribution in [-0.4, -0.2) is 75.0 Å². The number of likely N-dealkylation sites (N-methyl/N-ethyl adjacent to an activating group) is 1. The van der Waals surface area contributed by atoms with Crippen LogP contribution in [0.2, 0.25) is 0 Å². The molecule has 1 fully saturated rings. The molecule has 24 heavy (non-hydrogen) atoms. The SMILES string of the molecule is C=CCNC(=NCC(=O)N(C)C)N1CCN(c2ccccc2)CC1. The Hall–Kier alpha value is -2.50. The van der Waals surface area contributed by atoms with Crippen molar-refractivity contribution in [3.63, 3.8) is 0 Å². The highest BCUT2D eigenvalue weighted by Gasteiger charge is 2.20. The molecule has 1 aliphatic heterocycles. The lowest BCUT2D eigenvalue weighted by Gasteiger charge is -2.37. The highest BCUT2D eigenvalue weighted by molar-refractivity contribution is 5.85. The van der Waals surface area contributed by atoms with Gasteiger partial charge in [-0.3, -0.25) is 4.79 Å². The summed E-state index contributed by atoms with van der Waals surface area (Å²) in [5, 5.41) is 3.26. The molecular weight excluding hydrogens is 302 g/mol. The molecule has 0 aromatic heterocycles. The predicted octanol–water partition coefficient (Wildman–Crippen LogP) is 1.03. The van der Waals surface area contributed by atoms with Gasteiger partial charge in [0.25, 0.3) is 0 Å². The summed E-state index contributed by atoms with van der Waals surface area (Å²) in [5.41, 5.74) is 1.25. The van der Waals surface area contributed by atoms with Crippen molar-refractivity contribution in [2.75, 3.05) is 58.3 Å². The summed E-state index contributed by atoms with van der Waals surface area (Å²) in [4.78, 5) is 22.4. The van der Waals surface area contributed by atoms with Crippen LogP contribution in [0.15, 0.2) is 48.0 Å². The molecule has 0 aliphatic carbocycles.